The minimum Gasteiger partial charge on any atom is -0.539 e. The SMILES string of the molecule is C[n+]1noc([O-])c1C(=O)CSc1nnc(-c2ccccc2)c(-c2ccccc2)n1. The van der Waals surface area contributed by atoms with Gasteiger partial charge in [-0.15, -0.1) is 10.2 Å². The molecule has 0 spiro atoms. The molecule has 0 unspecified atom stereocenters. The van der Waals surface area contributed by atoms with Gasteiger partial charge in [0.05, 0.1) is 11.0 Å². The monoisotopic (exact) mass is 405 g/mol. The molecule has 2 aromatic carbocycles. The number of rotatable bonds is 6. The maximum Gasteiger partial charge on any atom is 0.300 e. The van der Waals surface area contributed by atoms with Crippen LogP contribution in [0.3, 0.4) is 0 Å². The Morgan fingerprint density at radius 2 is 1.62 bits per heavy atom. The Labute approximate surface area is 170 Å². The van der Waals surface area contributed by atoms with Crippen LogP contribution in [0.15, 0.2) is 70.3 Å². The summed E-state index contributed by atoms with van der Waals surface area (Å²) >= 11 is 1.10. The molecular weight excluding hydrogens is 390 g/mol. The van der Waals surface area contributed by atoms with Crippen molar-refractivity contribution in [3.05, 3.63) is 66.4 Å². The number of carbonyl (C=O) groups excluding carboxylic acids is 1. The van der Waals surface area contributed by atoms with Crippen LogP contribution >= 0.6 is 11.8 Å². The maximum absolute atomic E-state index is 12.3. The Bertz CT molecular complexity index is 1130. The molecule has 9 heteroatoms. The summed E-state index contributed by atoms with van der Waals surface area (Å²) in [5.41, 5.74) is 2.99. The number of Topliss-reactive ketones (excluding diaryl/α,β-unsaturated/α-hetero) is 1. The zero-order valence-corrected chi connectivity index (χ0v) is 16.2. The molecule has 4 aromatic rings. The van der Waals surface area contributed by atoms with Gasteiger partial charge >= 0.3 is 0 Å². The second kappa shape index (κ2) is 8.19. The average molecular weight is 405 g/mol. The number of hydrogen-bond acceptors (Lipinski definition) is 8. The number of ketones is 1. The van der Waals surface area contributed by atoms with Crippen LogP contribution in [0.4, 0.5) is 0 Å². The third-order valence-corrected chi connectivity index (χ3v) is 4.96. The molecule has 8 nitrogen and oxygen atoms in total. The van der Waals surface area contributed by atoms with Crippen molar-refractivity contribution >= 4 is 17.5 Å². The number of nitrogens with zero attached hydrogens (tertiary/aromatic N) is 5. The normalized spacial score (nSPS) is 10.8. The molecule has 144 valence electrons. The van der Waals surface area contributed by atoms with Gasteiger partial charge in [-0.3, -0.25) is 4.79 Å². The van der Waals surface area contributed by atoms with Gasteiger partial charge in [0, 0.05) is 11.1 Å². The lowest BCUT2D eigenvalue weighted by atomic mass is 10.0. The number of thioether (sulfide) groups is 1. The van der Waals surface area contributed by atoms with E-state index < -0.39 is 11.7 Å². The highest BCUT2D eigenvalue weighted by molar-refractivity contribution is 7.99. The first kappa shape index (κ1) is 18.8. The molecule has 0 radical (unpaired) electrons. The van der Waals surface area contributed by atoms with Crippen LogP contribution in [-0.4, -0.2) is 32.0 Å². The Morgan fingerprint density at radius 3 is 2.21 bits per heavy atom. The molecule has 0 N–H and O–H groups in total. The summed E-state index contributed by atoms with van der Waals surface area (Å²) in [4.78, 5) is 17.0. The topological polar surface area (TPSA) is 109 Å². The number of aryl methyl sites for hydroxylation is 1. The van der Waals surface area contributed by atoms with Crippen molar-refractivity contribution < 1.29 is 19.1 Å². The van der Waals surface area contributed by atoms with Gasteiger partial charge in [-0.2, -0.15) is 0 Å². The number of carbonyl (C=O) groups is 1. The molecule has 0 amide bonds. The minimum absolute atomic E-state index is 0.0368. The van der Waals surface area contributed by atoms with E-state index in [2.05, 4.69) is 25.0 Å². The highest BCUT2D eigenvalue weighted by atomic mass is 32.2. The molecule has 29 heavy (non-hydrogen) atoms. The van der Waals surface area contributed by atoms with Crippen LogP contribution in [0.1, 0.15) is 10.5 Å². The second-order valence-electron chi connectivity index (χ2n) is 6.07. The zero-order chi connectivity index (χ0) is 20.2. The first-order valence-electron chi connectivity index (χ1n) is 8.68. The molecule has 2 heterocycles. The molecular formula is C20H15N5O3S. The first-order valence-corrected chi connectivity index (χ1v) is 9.66. The molecule has 0 aliphatic carbocycles. The highest BCUT2D eigenvalue weighted by Crippen LogP contribution is 2.29. The maximum atomic E-state index is 12.3. The predicted molar refractivity (Wildman–Crippen MR) is 103 cm³/mol. The van der Waals surface area contributed by atoms with Crippen LogP contribution in [0.5, 0.6) is 5.95 Å². The Morgan fingerprint density at radius 1 is 1.00 bits per heavy atom. The van der Waals surface area contributed by atoms with Crippen molar-refractivity contribution in [2.24, 2.45) is 7.05 Å². The van der Waals surface area contributed by atoms with E-state index in [1.807, 2.05) is 60.7 Å². The summed E-state index contributed by atoms with van der Waals surface area (Å²) < 4.78 is 5.62. The van der Waals surface area contributed by atoms with Gasteiger partial charge in [0.25, 0.3) is 5.69 Å². The van der Waals surface area contributed by atoms with Crippen LogP contribution in [0.2, 0.25) is 0 Å². The second-order valence-corrected chi connectivity index (χ2v) is 7.01. The van der Waals surface area contributed by atoms with Gasteiger partial charge in [0.1, 0.15) is 11.4 Å². The van der Waals surface area contributed by atoms with Crippen molar-refractivity contribution in [2.45, 2.75) is 5.16 Å². The highest BCUT2D eigenvalue weighted by Gasteiger charge is 2.23. The van der Waals surface area contributed by atoms with E-state index in [0.717, 1.165) is 27.6 Å². The molecule has 0 saturated carbocycles. The van der Waals surface area contributed by atoms with E-state index in [1.54, 1.807) is 0 Å². The van der Waals surface area contributed by atoms with E-state index in [1.165, 1.54) is 7.05 Å². The molecule has 0 aliphatic heterocycles. The van der Waals surface area contributed by atoms with Crippen molar-refractivity contribution in [3.63, 3.8) is 0 Å². The van der Waals surface area contributed by atoms with E-state index in [9.17, 15) is 9.90 Å². The molecule has 2 aromatic heterocycles. The van der Waals surface area contributed by atoms with Crippen molar-refractivity contribution in [3.8, 4) is 28.5 Å². The zero-order valence-electron chi connectivity index (χ0n) is 15.3. The standard InChI is InChI=1S/C20H15N5O3S/c1-25-18(19(27)28-24-25)15(26)12-29-20-21-16(13-8-4-2-5-9-13)17(22-23-20)14-10-6-3-7-11-14/h2-11H,12H2,1H3. The van der Waals surface area contributed by atoms with E-state index >= 15 is 0 Å². The summed E-state index contributed by atoms with van der Waals surface area (Å²) in [7, 11) is 1.48. The van der Waals surface area contributed by atoms with Crippen LogP contribution in [0, 0.1) is 0 Å². The average Bonchev–Trinajstić information content (AvgIpc) is 3.11. The summed E-state index contributed by atoms with van der Waals surface area (Å²) in [6, 6.07) is 19.3. The van der Waals surface area contributed by atoms with Gasteiger partial charge in [0.2, 0.25) is 10.9 Å². The van der Waals surface area contributed by atoms with E-state index in [-0.39, 0.29) is 11.4 Å². The molecule has 0 aliphatic rings. The summed E-state index contributed by atoms with van der Waals surface area (Å²) in [6.45, 7) is 0. The lowest BCUT2D eigenvalue weighted by Crippen LogP contribution is -2.37. The van der Waals surface area contributed by atoms with Crippen molar-refractivity contribution in [1.29, 1.82) is 0 Å². The summed E-state index contributed by atoms with van der Waals surface area (Å²) in [5, 5.41) is 23.9. The Balaban J connectivity index is 1.65. The molecule has 0 saturated heterocycles. The van der Waals surface area contributed by atoms with Crippen LogP contribution in [0.25, 0.3) is 22.5 Å². The Kier molecular flexibility index (Phi) is 5.30. The largest absolute Gasteiger partial charge is 0.539 e. The van der Waals surface area contributed by atoms with E-state index in [0.29, 0.717) is 16.5 Å². The smallest absolute Gasteiger partial charge is 0.300 e. The fraction of sp³-hybridized carbons (Fsp3) is 0.100. The van der Waals surface area contributed by atoms with Gasteiger partial charge < -0.3 is 9.63 Å². The predicted octanol–water partition coefficient (Wildman–Crippen LogP) is 2.07. The summed E-state index contributed by atoms with van der Waals surface area (Å²) in [5.74, 6) is -1.22. The number of hydrogen-bond donors (Lipinski definition) is 0. The molecule has 4 rings (SSSR count). The van der Waals surface area contributed by atoms with Crippen molar-refractivity contribution in [2.75, 3.05) is 5.75 Å². The number of benzene rings is 2. The fourth-order valence-electron chi connectivity index (χ4n) is 2.77. The molecule has 0 atom stereocenters. The van der Waals surface area contributed by atoms with Crippen molar-refractivity contribution in [1.82, 2.24) is 20.5 Å². The van der Waals surface area contributed by atoms with Gasteiger partial charge in [-0.05, 0) is 0 Å². The molecule has 0 bridgehead atoms. The third-order valence-electron chi connectivity index (χ3n) is 4.12. The Hall–Kier alpha value is -3.59. The van der Waals surface area contributed by atoms with Crippen LogP contribution in [-0.2, 0) is 7.05 Å². The van der Waals surface area contributed by atoms with Crippen LogP contribution < -0.4 is 9.79 Å². The fourth-order valence-corrected chi connectivity index (χ4v) is 3.42. The van der Waals surface area contributed by atoms with Gasteiger partial charge in [0.15, 0.2) is 13.0 Å². The lowest BCUT2D eigenvalue weighted by molar-refractivity contribution is -0.741. The molecule has 0 fully saturated rings. The number of aromatic nitrogens is 5. The summed E-state index contributed by atoms with van der Waals surface area (Å²) in [6.07, 6.45) is 0. The van der Waals surface area contributed by atoms with Gasteiger partial charge in [-0.25, -0.2) is 4.98 Å². The first-order chi connectivity index (χ1) is 14.1. The lowest BCUT2D eigenvalue weighted by Gasteiger charge is -2.09. The third kappa shape index (κ3) is 3.99. The van der Waals surface area contributed by atoms with E-state index in [4.69, 9.17) is 0 Å². The minimum atomic E-state index is -0.762. The quantitative estimate of drug-likeness (QED) is 0.272. The van der Waals surface area contributed by atoms with Gasteiger partial charge in [-0.1, -0.05) is 77.1 Å².